The van der Waals surface area contributed by atoms with E-state index >= 15 is 0 Å². The Morgan fingerprint density at radius 3 is 2.67 bits per heavy atom. The molecule has 3 rings (SSSR count). The molecular formula is C20H22ClN2O+. The van der Waals surface area contributed by atoms with Crippen LogP contribution in [-0.4, -0.2) is 25.5 Å². The molecular weight excluding hydrogens is 320 g/mol. The summed E-state index contributed by atoms with van der Waals surface area (Å²) in [7, 11) is 0. The smallest absolute Gasteiger partial charge is 0.279 e. The lowest BCUT2D eigenvalue weighted by Crippen LogP contribution is -3.13. The van der Waals surface area contributed by atoms with Gasteiger partial charge in [-0.3, -0.25) is 4.79 Å². The molecule has 1 aliphatic rings. The summed E-state index contributed by atoms with van der Waals surface area (Å²) in [5.74, 6) is 0.0342. The molecule has 1 atom stereocenters. The van der Waals surface area contributed by atoms with Crippen molar-refractivity contribution < 1.29 is 9.69 Å². The van der Waals surface area contributed by atoms with Crippen molar-refractivity contribution in [1.82, 2.24) is 0 Å². The van der Waals surface area contributed by atoms with Crippen molar-refractivity contribution in [2.45, 2.75) is 13.3 Å². The zero-order chi connectivity index (χ0) is 16.9. The van der Waals surface area contributed by atoms with Gasteiger partial charge < -0.3 is 10.2 Å². The highest BCUT2D eigenvalue weighted by Crippen LogP contribution is 2.22. The minimum absolute atomic E-state index is 0.0342. The van der Waals surface area contributed by atoms with Gasteiger partial charge in [-0.15, -0.1) is 0 Å². The zero-order valence-electron chi connectivity index (χ0n) is 13.8. The molecule has 0 spiro atoms. The molecule has 1 aliphatic heterocycles. The molecule has 1 amide bonds. The van der Waals surface area contributed by atoms with E-state index < -0.39 is 0 Å². The van der Waals surface area contributed by atoms with Gasteiger partial charge in [0, 0.05) is 17.1 Å². The predicted molar refractivity (Wildman–Crippen MR) is 99.4 cm³/mol. The normalized spacial score (nSPS) is 17.2. The lowest BCUT2D eigenvalue weighted by molar-refractivity contribution is -0.886. The molecule has 0 saturated carbocycles. The van der Waals surface area contributed by atoms with Crippen LogP contribution in [0.2, 0.25) is 5.02 Å². The Bertz CT molecular complexity index is 755. The van der Waals surface area contributed by atoms with Crippen molar-refractivity contribution in [3.63, 3.8) is 0 Å². The molecule has 4 heteroatoms. The number of rotatable bonds is 4. The van der Waals surface area contributed by atoms with Crippen LogP contribution >= 0.6 is 11.6 Å². The first-order valence-electron chi connectivity index (χ1n) is 8.26. The lowest BCUT2D eigenvalue weighted by Gasteiger charge is -2.23. The van der Waals surface area contributed by atoms with Gasteiger partial charge in [0.1, 0.15) is 0 Å². The molecule has 0 aromatic heterocycles. The van der Waals surface area contributed by atoms with E-state index in [1.165, 1.54) is 16.0 Å². The number of hydrogen-bond acceptors (Lipinski definition) is 1. The highest BCUT2D eigenvalue weighted by molar-refractivity contribution is 6.31. The number of amides is 1. The van der Waals surface area contributed by atoms with Gasteiger partial charge in [0.15, 0.2) is 6.54 Å². The average Bonchev–Trinajstić information content (AvgIpc) is 2.60. The molecule has 2 N–H and O–H groups in total. The number of halogens is 1. The van der Waals surface area contributed by atoms with E-state index in [0.29, 0.717) is 11.6 Å². The molecule has 3 nitrogen and oxygen atoms in total. The minimum Gasteiger partial charge on any atom is -0.324 e. The van der Waals surface area contributed by atoms with Crippen LogP contribution in [0.3, 0.4) is 0 Å². The third-order valence-electron chi connectivity index (χ3n) is 4.48. The van der Waals surface area contributed by atoms with Crippen LogP contribution in [0.5, 0.6) is 0 Å². The minimum atomic E-state index is 0.0342. The summed E-state index contributed by atoms with van der Waals surface area (Å²) in [4.78, 5) is 13.6. The van der Waals surface area contributed by atoms with Crippen LogP contribution in [0.15, 0.2) is 54.6 Å². The van der Waals surface area contributed by atoms with Crippen LogP contribution in [0, 0.1) is 6.92 Å². The first-order valence-corrected chi connectivity index (χ1v) is 8.64. The fourth-order valence-electron chi connectivity index (χ4n) is 3.02. The Morgan fingerprint density at radius 2 is 1.96 bits per heavy atom. The fourth-order valence-corrected chi connectivity index (χ4v) is 3.20. The van der Waals surface area contributed by atoms with E-state index in [9.17, 15) is 4.79 Å². The van der Waals surface area contributed by atoms with Gasteiger partial charge in [0.2, 0.25) is 0 Å². The van der Waals surface area contributed by atoms with E-state index in [1.807, 2.05) is 31.2 Å². The molecule has 24 heavy (non-hydrogen) atoms. The number of quaternary nitrogens is 1. The molecule has 0 bridgehead atoms. The summed E-state index contributed by atoms with van der Waals surface area (Å²) in [5.41, 5.74) is 4.37. The van der Waals surface area contributed by atoms with E-state index in [1.54, 1.807) is 0 Å². The summed E-state index contributed by atoms with van der Waals surface area (Å²) in [6, 6.07) is 16.0. The SMILES string of the molecule is Cc1c(Cl)cccc1NC(=O)C[NH+]1CC=C(c2ccccc2)CC1. The average molecular weight is 342 g/mol. The number of carbonyl (C=O) groups excluding carboxylic acids is 1. The van der Waals surface area contributed by atoms with Crippen molar-refractivity contribution >= 4 is 28.8 Å². The second-order valence-corrected chi connectivity index (χ2v) is 6.59. The van der Waals surface area contributed by atoms with Crippen LogP contribution in [-0.2, 0) is 4.79 Å². The number of carbonyl (C=O) groups is 1. The van der Waals surface area contributed by atoms with Gasteiger partial charge in [-0.05, 0) is 41.8 Å². The van der Waals surface area contributed by atoms with Crippen molar-refractivity contribution in [2.75, 3.05) is 25.0 Å². The van der Waals surface area contributed by atoms with Crippen molar-refractivity contribution in [2.24, 2.45) is 0 Å². The third kappa shape index (κ3) is 4.05. The molecule has 0 saturated heterocycles. The van der Waals surface area contributed by atoms with Gasteiger partial charge in [-0.2, -0.15) is 0 Å². The standard InChI is InChI=1S/C20H21ClN2O/c1-15-18(21)8-5-9-19(15)22-20(24)14-23-12-10-17(11-13-23)16-6-3-2-4-7-16/h2-10H,11-14H2,1H3,(H,22,24)/p+1. The molecule has 0 aliphatic carbocycles. The zero-order valence-corrected chi connectivity index (χ0v) is 14.6. The molecule has 0 fully saturated rings. The summed E-state index contributed by atoms with van der Waals surface area (Å²) < 4.78 is 0. The molecule has 0 radical (unpaired) electrons. The number of anilines is 1. The number of nitrogens with one attached hydrogen (secondary N) is 2. The highest BCUT2D eigenvalue weighted by atomic mass is 35.5. The van der Waals surface area contributed by atoms with Crippen molar-refractivity contribution in [3.05, 3.63) is 70.8 Å². The summed E-state index contributed by atoms with van der Waals surface area (Å²) in [6.07, 6.45) is 3.26. The van der Waals surface area contributed by atoms with E-state index in [0.717, 1.165) is 30.8 Å². The van der Waals surface area contributed by atoms with Crippen molar-refractivity contribution in [3.8, 4) is 0 Å². The topological polar surface area (TPSA) is 33.5 Å². The maximum atomic E-state index is 12.3. The van der Waals surface area contributed by atoms with Gasteiger partial charge in [0.25, 0.3) is 5.91 Å². The van der Waals surface area contributed by atoms with Crippen LogP contribution in [0.25, 0.3) is 5.57 Å². The Labute approximate surface area is 147 Å². The Balaban J connectivity index is 1.57. The fraction of sp³-hybridized carbons (Fsp3) is 0.250. The van der Waals surface area contributed by atoms with Gasteiger partial charge in [0.05, 0.1) is 13.1 Å². The highest BCUT2D eigenvalue weighted by Gasteiger charge is 2.19. The Hall–Kier alpha value is -2.10. The van der Waals surface area contributed by atoms with E-state index in [2.05, 4.69) is 35.7 Å². The maximum Gasteiger partial charge on any atom is 0.279 e. The van der Waals surface area contributed by atoms with Crippen LogP contribution in [0.4, 0.5) is 5.69 Å². The molecule has 1 heterocycles. The predicted octanol–water partition coefficient (Wildman–Crippen LogP) is 2.96. The second-order valence-electron chi connectivity index (χ2n) is 6.19. The van der Waals surface area contributed by atoms with Gasteiger partial charge >= 0.3 is 0 Å². The Morgan fingerprint density at radius 1 is 1.17 bits per heavy atom. The maximum absolute atomic E-state index is 12.3. The second kappa shape index (κ2) is 7.65. The number of hydrogen-bond donors (Lipinski definition) is 2. The van der Waals surface area contributed by atoms with Gasteiger partial charge in [-0.25, -0.2) is 0 Å². The summed E-state index contributed by atoms with van der Waals surface area (Å²) in [5, 5.41) is 3.65. The van der Waals surface area contributed by atoms with Crippen LogP contribution < -0.4 is 10.2 Å². The molecule has 1 unspecified atom stereocenters. The van der Waals surface area contributed by atoms with E-state index in [-0.39, 0.29) is 5.91 Å². The lowest BCUT2D eigenvalue weighted by atomic mass is 10.00. The van der Waals surface area contributed by atoms with E-state index in [4.69, 9.17) is 11.6 Å². The summed E-state index contributed by atoms with van der Waals surface area (Å²) in [6.45, 7) is 4.25. The molecule has 124 valence electrons. The number of benzene rings is 2. The quantitative estimate of drug-likeness (QED) is 0.880. The first-order chi connectivity index (χ1) is 11.6. The van der Waals surface area contributed by atoms with Crippen molar-refractivity contribution in [1.29, 1.82) is 0 Å². The Kier molecular flexibility index (Phi) is 5.34. The summed E-state index contributed by atoms with van der Waals surface area (Å²) >= 11 is 6.10. The van der Waals surface area contributed by atoms with Gasteiger partial charge in [-0.1, -0.05) is 48.0 Å². The largest absolute Gasteiger partial charge is 0.324 e. The van der Waals surface area contributed by atoms with Crippen LogP contribution in [0.1, 0.15) is 17.5 Å². The molecule has 2 aromatic rings. The first kappa shape index (κ1) is 16.7. The molecule has 2 aromatic carbocycles. The third-order valence-corrected chi connectivity index (χ3v) is 4.89. The monoisotopic (exact) mass is 341 g/mol.